The summed E-state index contributed by atoms with van der Waals surface area (Å²) in [5.41, 5.74) is 0. The van der Waals surface area contributed by atoms with Crippen molar-refractivity contribution < 1.29 is 19.5 Å². The molecule has 0 fully saturated rings. The van der Waals surface area contributed by atoms with Crippen LogP contribution in [0, 0.1) is 5.92 Å². The Kier molecular flexibility index (Phi) is 8.21. The second-order valence-electron chi connectivity index (χ2n) is 3.68. The number of amides is 2. The molecule has 0 aliphatic rings. The maximum Gasteiger partial charge on any atom is 0.313 e. The van der Waals surface area contributed by atoms with Crippen LogP contribution < -0.4 is 10.6 Å². The zero-order chi connectivity index (χ0) is 13.3. The maximum absolute atomic E-state index is 11.2. The summed E-state index contributed by atoms with van der Waals surface area (Å²) in [4.78, 5) is 32.5. The standard InChI is InChI=1S/C10H18N2O4S/c1-7(2)10(16)12-4-3-11-8(13)5-17-6-9(14)15/h7H,3-6H2,1-2H3,(H,11,13)(H,12,16)(H,14,15). The van der Waals surface area contributed by atoms with Gasteiger partial charge in [0.05, 0.1) is 11.5 Å². The largest absolute Gasteiger partial charge is 0.481 e. The van der Waals surface area contributed by atoms with Gasteiger partial charge in [-0.15, -0.1) is 11.8 Å². The molecule has 7 heteroatoms. The summed E-state index contributed by atoms with van der Waals surface area (Å²) in [5, 5.41) is 13.6. The molecule has 0 aromatic heterocycles. The van der Waals surface area contributed by atoms with Crippen LogP contribution in [0.25, 0.3) is 0 Å². The van der Waals surface area contributed by atoms with Gasteiger partial charge in [0.15, 0.2) is 0 Å². The van der Waals surface area contributed by atoms with Crippen LogP contribution in [0.5, 0.6) is 0 Å². The molecule has 0 atom stereocenters. The average Bonchev–Trinajstić information content (AvgIpc) is 2.23. The van der Waals surface area contributed by atoms with Crippen LogP contribution in [0.15, 0.2) is 0 Å². The van der Waals surface area contributed by atoms with E-state index >= 15 is 0 Å². The van der Waals surface area contributed by atoms with Gasteiger partial charge < -0.3 is 15.7 Å². The predicted molar refractivity (Wildman–Crippen MR) is 65.8 cm³/mol. The third kappa shape index (κ3) is 9.68. The smallest absolute Gasteiger partial charge is 0.313 e. The molecule has 0 radical (unpaired) electrons. The van der Waals surface area contributed by atoms with Crippen molar-refractivity contribution in [2.45, 2.75) is 13.8 Å². The Hall–Kier alpha value is -1.24. The maximum atomic E-state index is 11.2. The number of carboxylic acid groups (broad SMARTS) is 1. The van der Waals surface area contributed by atoms with E-state index in [9.17, 15) is 14.4 Å². The third-order valence-corrected chi connectivity index (χ3v) is 2.65. The Morgan fingerprint density at radius 2 is 1.71 bits per heavy atom. The molecule has 0 saturated carbocycles. The Balaban J connectivity index is 3.45. The van der Waals surface area contributed by atoms with Crippen molar-refractivity contribution in [3.63, 3.8) is 0 Å². The van der Waals surface area contributed by atoms with E-state index in [1.165, 1.54) is 0 Å². The van der Waals surface area contributed by atoms with E-state index in [-0.39, 0.29) is 29.2 Å². The number of carboxylic acids is 1. The summed E-state index contributed by atoms with van der Waals surface area (Å²) < 4.78 is 0. The molecule has 0 aromatic carbocycles. The minimum absolute atomic E-state index is 0.0560. The van der Waals surface area contributed by atoms with Gasteiger partial charge in [-0.2, -0.15) is 0 Å². The molecular formula is C10H18N2O4S. The number of carbonyl (C=O) groups excluding carboxylic acids is 2. The van der Waals surface area contributed by atoms with Crippen LogP contribution in [-0.4, -0.2) is 47.5 Å². The first-order valence-corrected chi connectivity index (χ1v) is 6.43. The minimum atomic E-state index is -0.938. The summed E-state index contributed by atoms with van der Waals surface area (Å²) in [6.45, 7) is 4.31. The summed E-state index contributed by atoms with van der Waals surface area (Å²) in [7, 11) is 0. The Morgan fingerprint density at radius 1 is 1.12 bits per heavy atom. The first kappa shape index (κ1) is 15.8. The van der Waals surface area contributed by atoms with Gasteiger partial charge in [0.2, 0.25) is 11.8 Å². The van der Waals surface area contributed by atoms with Crippen molar-refractivity contribution in [1.29, 1.82) is 0 Å². The molecule has 3 N–H and O–H groups in total. The zero-order valence-corrected chi connectivity index (χ0v) is 10.8. The number of thioether (sulfide) groups is 1. The Labute approximate surface area is 105 Å². The van der Waals surface area contributed by atoms with Gasteiger partial charge >= 0.3 is 5.97 Å². The molecule has 2 amide bonds. The number of carbonyl (C=O) groups is 3. The van der Waals surface area contributed by atoms with Gasteiger partial charge in [-0.25, -0.2) is 0 Å². The number of rotatable bonds is 8. The van der Waals surface area contributed by atoms with Gasteiger partial charge in [0.25, 0.3) is 0 Å². The van der Waals surface area contributed by atoms with Crippen molar-refractivity contribution in [2.24, 2.45) is 5.92 Å². The Bertz CT molecular complexity index is 281. The highest BCUT2D eigenvalue weighted by Gasteiger charge is 2.06. The second-order valence-corrected chi connectivity index (χ2v) is 4.67. The molecule has 0 aromatic rings. The monoisotopic (exact) mass is 262 g/mol. The van der Waals surface area contributed by atoms with Crippen molar-refractivity contribution >= 4 is 29.5 Å². The lowest BCUT2D eigenvalue weighted by molar-refractivity contribution is -0.134. The van der Waals surface area contributed by atoms with Gasteiger partial charge in [-0.1, -0.05) is 13.8 Å². The minimum Gasteiger partial charge on any atom is -0.481 e. The van der Waals surface area contributed by atoms with Crippen LogP contribution >= 0.6 is 11.8 Å². The molecule has 0 spiro atoms. The van der Waals surface area contributed by atoms with Crippen LogP contribution in [0.1, 0.15) is 13.8 Å². The van der Waals surface area contributed by atoms with E-state index in [0.29, 0.717) is 13.1 Å². The Morgan fingerprint density at radius 3 is 2.24 bits per heavy atom. The van der Waals surface area contributed by atoms with Crippen LogP contribution in [0.2, 0.25) is 0 Å². The van der Waals surface area contributed by atoms with E-state index in [1.54, 1.807) is 13.8 Å². The summed E-state index contributed by atoms with van der Waals surface area (Å²) in [6, 6.07) is 0. The van der Waals surface area contributed by atoms with E-state index in [0.717, 1.165) is 11.8 Å². The molecule has 0 bridgehead atoms. The van der Waals surface area contributed by atoms with E-state index in [2.05, 4.69) is 10.6 Å². The molecule has 0 saturated heterocycles. The van der Waals surface area contributed by atoms with E-state index in [1.807, 2.05) is 0 Å². The predicted octanol–water partition coefficient (Wildman–Crippen LogP) is -0.307. The number of aliphatic carboxylic acids is 1. The van der Waals surface area contributed by atoms with Gasteiger partial charge in [0, 0.05) is 19.0 Å². The molecule has 98 valence electrons. The van der Waals surface area contributed by atoms with Crippen molar-refractivity contribution in [1.82, 2.24) is 10.6 Å². The van der Waals surface area contributed by atoms with Crippen molar-refractivity contribution in [3.05, 3.63) is 0 Å². The van der Waals surface area contributed by atoms with Crippen molar-refractivity contribution in [2.75, 3.05) is 24.6 Å². The van der Waals surface area contributed by atoms with Crippen LogP contribution in [0.4, 0.5) is 0 Å². The third-order valence-electron chi connectivity index (χ3n) is 1.73. The first-order chi connectivity index (χ1) is 7.93. The van der Waals surface area contributed by atoms with Crippen molar-refractivity contribution in [3.8, 4) is 0 Å². The summed E-state index contributed by atoms with van der Waals surface area (Å²) in [5.74, 6) is -1.26. The first-order valence-electron chi connectivity index (χ1n) is 5.27. The molecule has 0 heterocycles. The molecule has 17 heavy (non-hydrogen) atoms. The fraction of sp³-hybridized carbons (Fsp3) is 0.700. The molecule has 6 nitrogen and oxygen atoms in total. The van der Waals surface area contributed by atoms with Gasteiger partial charge in [0.1, 0.15) is 0 Å². The van der Waals surface area contributed by atoms with E-state index in [4.69, 9.17) is 5.11 Å². The molecular weight excluding hydrogens is 244 g/mol. The highest BCUT2D eigenvalue weighted by Crippen LogP contribution is 1.97. The fourth-order valence-electron chi connectivity index (χ4n) is 0.874. The van der Waals surface area contributed by atoms with Crippen LogP contribution in [-0.2, 0) is 14.4 Å². The SMILES string of the molecule is CC(C)C(=O)NCCNC(=O)CSCC(=O)O. The van der Waals surface area contributed by atoms with E-state index < -0.39 is 5.97 Å². The van der Waals surface area contributed by atoms with Crippen LogP contribution in [0.3, 0.4) is 0 Å². The molecule has 0 unspecified atom stereocenters. The number of hydrogen-bond acceptors (Lipinski definition) is 4. The van der Waals surface area contributed by atoms with Gasteiger partial charge in [-0.05, 0) is 0 Å². The molecule has 0 aliphatic heterocycles. The lowest BCUT2D eigenvalue weighted by Gasteiger charge is -2.08. The highest BCUT2D eigenvalue weighted by molar-refractivity contribution is 8.00. The fourth-order valence-corrected chi connectivity index (χ4v) is 1.44. The average molecular weight is 262 g/mol. The highest BCUT2D eigenvalue weighted by atomic mass is 32.2. The zero-order valence-electron chi connectivity index (χ0n) is 9.99. The lowest BCUT2D eigenvalue weighted by Crippen LogP contribution is -2.37. The second kappa shape index (κ2) is 8.86. The summed E-state index contributed by atoms with van der Waals surface area (Å²) >= 11 is 1.04. The molecule has 0 aliphatic carbocycles. The van der Waals surface area contributed by atoms with Gasteiger partial charge in [-0.3, -0.25) is 14.4 Å². The number of hydrogen-bond donors (Lipinski definition) is 3. The lowest BCUT2D eigenvalue weighted by atomic mass is 10.2. The summed E-state index contributed by atoms with van der Waals surface area (Å²) in [6.07, 6.45) is 0. The molecule has 0 rings (SSSR count). The topological polar surface area (TPSA) is 95.5 Å². The quantitative estimate of drug-likeness (QED) is 0.522. The number of nitrogens with one attached hydrogen (secondary N) is 2. The normalized spacial score (nSPS) is 10.1.